The summed E-state index contributed by atoms with van der Waals surface area (Å²) in [6, 6.07) is 0. The summed E-state index contributed by atoms with van der Waals surface area (Å²) < 4.78 is 0. The second-order valence-corrected chi connectivity index (χ2v) is 2.99. The molecule has 1 heterocycles. The fraction of sp³-hybridized carbons (Fsp3) is 0.643. The summed E-state index contributed by atoms with van der Waals surface area (Å²) in [5, 5.41) is 3.31. The second kappa shape index (κ2) is 14.9. The summed E-state index contributed by atoms with van der Waals surface area (Å²) in [4.78, 5) is 6.58. The Morgan fingerprint density at radius 3 is 2.18 bits per heavy atom. The topological polar surface area (TPSA) is 27.6 Å². The molecule has 3 nitrogen and oxygen atoms in total. The molecule has 0 radical (unpaired) electrons. The normalized spacial score (nSPS) is 15.6. The van der Waals surface area contributed by atoms with Crippen molar-refractivity contribution in [1.82, 2.24) is 10.2 Å². The molecule has 3 heteroatoms. The highest BCUT2D eigenvalue weighted by Gasteiger charge is 2.09. The maximum atomic E-state index is 4.30. The zero-order valence-electron chi connectivity index (χ0n) is 12.2. The summed E-state index contributed by atoms with van der Waals surface area (Å²) in [5.74, 6) is 1.08. The van der Waals surface area contributed by atoms with Crippen LogP contribution in [0.4, 0.5) is 0 Å². The first-order valence-corrected chi connectivity index (χ1v) is 6.62. The van der Waals surface area contributed by atoms with Crippen molar-refractivity contribution in [3.05, 3.63) is 24.9 Å². The van der Waals surface area contributed by atoms with Crippen molar-refractivity contribution >= 4 is 5.84 Å². The number of nitrogens with zero attached hydrogens (tertiary/aromatic N) is 2. The molecule has 100 valence electrons. The Morgan fingerprint density at radius 2 is 1.71 bits per heavy atom. The van der Waals surface area contributed by atoms with E-state index in [-0.39, 0.29) is 0 Å². The van der Waals surface area contributed by atoms with Gasteiger partial charge in [-0.1, -0.05) is 40.3 Å². The molecule has 0 aliphatic carbocycles. The Kier molecular flexibility index (Phi) is 16.0. The zero-order chi connectivity index (χ0) is 13.5. The molecule has 17 heavy (non-hydrogen) atoms. The molecule has 1 N–H and O–H groups in total. The SMILES string of the molecule is C=C/C=C\N=C(C)N1CCNCC1.CC.CC. The average Bonchev–Trinajstić information content (AvgIpc) is 2.44. The molecule has 1 rings (SSSR count). The van der Waals surface area contributed by atoms with Gasteiger partial charge in [-0.05, 0) is 13.0 Å². The number of nitrogens with one attached hydrogen (secondary N) is 1. The van der Waals surface area contributed by atoms with Crippen LogP contribution in [0.5, 0.6) is 0 Å². The first kappa shape index (κ1) is 18.3. The highest BCUT2D eigenvalue weighted by atomic mass is 15.2. The fourth-order valence-electron chi connectivity index (χ4n) is 1.28. The lowest BCUT2D eigenvalue weighted by Crippen LogP contribution is -2.45. The van der Waals surface area contributed by atoms with Gasteiger partial charge in [-0.2, -0.15) is 0 Å². The molecule has 1 aliphatic heterocycles. The molecule has 0 amide bonds. The number of rotatable bonds is 2. The van der Waals surface area contributed by atoms with Crippen LogP contribution in [0.1, 0.15) is 34.6 Å². The van der Waals surface area contributed by atoms with E-state index in [1.54, 1.807) is 12.3 Å². The van der Waals surface area contributed by atoms with Crippen LogP contribution in [0.3, 0.4) is 0 Å². The van der Waals surface area contributed by atoms with Gasteiger partial charge >= 0.3 is 0 Å². The molecule has 0 aromatic carbocycles. The van der Waals surface area contributed by atoms with Crippen molar-refractivity contribution in [3.63, 3.8) is 0 Å². The van der Waals surface area contributed by atoms with E-state index in [0.29, 0.717) is 0 Å². The van der Waals surface area contributed by atoms with Crippen molar-refractivity contribution < 1.29 is 0 Å². The summed E-state index contributed by atoms with van der Waals surface area (Å²) >= 11 is 0. The van der Waals surface area contributed by atoms with Crippen LogP contribution in [0, 0.1) is 0 Å². The van der Waals surface area contributed by atoms with Gasteiger partial charge in [-0.25, -0.2) is 4.99 Å². The van der Waals surface area contributed by atoms with Gasteiger partial charge in [0.2, 0.25) is 0 Å². The lowest BCUT2D eigenvalue weighted by atomic mass is 10.3. The van der Waals surface area contributed by atoms with Gasteiger partial charge in [0.1, 0.15) is 5.84 Å². The molecular weight excluding hydrogens is 210 g/mol. The van der Waals surface area contributed by atoms with Crippen molar-refractivity contribution in [3.8, 4) is 0 Å². The quantitative estimate of drug-likeness (QED) is 0.455. The standard InChI is InChI=1S/C10H17N3.2C2H6/c1-3-4-5-12-10(2)13-8-6-11-7-9-13;2*1-2/h3-5,11H,1,6-9H2,2H3;2*1-2H3/b5-4-,12-10?;;. The molecule has 0 spiro atoms. The van der Waals surface area contributed by atoms with E-state index >= 15 is 0 Å². The van der Waals surface area contributed by atoms with E-state index in [1.165, 1.54) is 0 Å². The number of piperazine rings is 1. The summed E-state index contributed by atoms with van der Waals surface area (Å²) in [7, 11) is 0. The lowest BCUT2D eigenvalue weighted by Gasteiger charge is -2.28. The molecule has 0 aromatic rings. The highest BCUT2D eigenvalue weighted by molar-refractivity contribution is 5.80. The van der Waals surface area contributed by atoms with Gasteiger partial charge in [-0.15, -0.1) is 0 Å². The minimum absolute atomic E-state index is 1.05. The van der Waals surface area contributed by atoms with E-state index in [1.807, 2.05) is 40.7 Å². The van der Waals surface area contributed by atoms with Crippen LogP contribution in [0.25, 0.3) is 0 Å². The van der Waals surface area contributed by atoms with Gasteiger partial charge in [0.25, 0.3) is 0 Å². The van der Waals surface area contributed by atoms with Gasteiger partial charge in [0.05, 0.1) is 0 Å². The largest absolute Gasteiger partial charge is 0.358 e. The highest BCUT2D eigenvalue weighted by Crippen LogP contribution is 1.95. The minimum Gasteiger partial charge on any atom is -0.358 e. The van der Waals surface area contributed by atoms with E-state index in [2.05, 4.69) is 21.8 Å². The first-order valence-electron chi connectivity index (χ1n) is 6.62. The van der Waals surface area contributed by atoms with Crippen LogP contribution in [0.2, 0.25) is 0 Å². The number of hydrogen-bond donors (Lipinski definition) is 1. The number of amidine groups is 1. The molecule has 1 aliphatic rings. The summed E-state index contributed by atoms with van der Waals surface area (Å²) in [5.41, 5.74) is 0. The molecule has 0 unspecified atom stereocenters. The minimum atomic E-state index is 1.05. The predicted molar refractivity (Wildman–Crippen MR) is 79.6 cm³/mol. The molecular formula is C14H29N3. The summed E-state index contributed by atoms with van der Waals surface area (Å²) in [6.07, 6.45) is 5.35. The summed E-state index contributed by atoms with van der Waals surface area (Å²) in [6.45, 7) is 17.8. The number of aliphatic imine (C=N–C) groups is 1. The van der Waals surface area contributed by atoms with E-state index in [9.17, 15) is 0 Å². The lowest BCUT2D eigenvalue weighted by molar-refractivity contribution is 0.356. The second-order valence-electron chi connectivity index (χ2n) is 2.99. The van der Waals surface area contributed by atoms with Gasteiger partial charge in [-0.3, -0.25) is 0 Å². The Bertz CT molecular complexity index is 214. The predicted octanol–water partition coefficient (Wildman–Crippen LogP) is 3.06. The van der Waals surface area contributed by atoms with Crippen molar-refractivity contribution in [1.29, 1.82) is 0 Å². The van der Waals surface area contributed by atoms with E-state index < -0.39 is 0 Å². The van der Waals surface area contributed by atoms with Crippen LogP contribution >= 0.6 is 0 Å². The monoisotopic (exact) mass is 239 g/mol. The zero-order valence-corrected chi connectivity index (χ0v) is 12.2. The average molecular weight is 239 g/mol. The molecule has 1 saturated heterocycles. The van der Waals surface area contributed by atoms with E-state index in [0.717, 1.165) is 32.0 Å². The van der Waals surface area contributed by atoms with Crippen molar-refractivity contribution in [2.75, 3.05) is 26.2 Å². The van der Waals surface area contributed by atoms with Crippen molar-refractivity contribution in [2.24, 2.45) is 4.99 Å². The van der Waals surface area contributed by atoms with Gasteiger partial charge in [0.15, 0.2) is 0 Å². The Labute approximate surface area is 107 Å². The number of allylic oxidation sites excluding steroid dienone is 2. The molecule has 0 saturated carbocycles. The molecule has 0 atom stereocenters. The molecule has 0 aromatic heterocycles. The third-order valence-corrected chi connectivity index (χ3v) is 2.06. The van der Waals surface area contributed by atoms with Crippen molar-refractivity contribution in [2.45, 2.75) is 34.6 Å². The maximum Gasteiger partial charge on any atom is 0.101 e. The third-order valence-electron chi connectivity index (χ3n) is 2.06. The molecule has 1 fully saturated rings. The van der Waals surface area contributed by atoms with Crippen LogP contribution in [-0.2, 0) is 0 Å². The maximum absolute atomic E-state index is 4.30. The third kappa shape index (κ3) is 9.82. The number of hydrogen-bond acceptors (Lipinski definition) is 2. The van der Waals surface area contributed by atoms with Gasteiger partial charge < -0.3 is 10.2 Å². The van der Waals surface area contributed by atoms with Crippen LogP contribution in [0.15, 0.2) is 29.9 Å². The van der Waals surface area contributed by atoms with Crippen LogP contribution < -0.4 is 5.32 Å². The van der Waals surface area contributed by atoms with E-state index in [4.69, 9.17) is 0 Å². The van der Waals surface area contributed by atoms with Crippen LogP contribution in [-0.4, -0.2) is 36.9 Å². The first-order chi connectivity index (χ1) is 8.34. The fourth-order valence-corrected chi connectivity index (χ4v) is 1.28. The Morgan fingerprint density at radius 1 is 1.18 bits per heavy atom. The van der Waals surface area contributed by atoms with Gasteiger partial charge in [0, 0.05) is 32.4 Å². The Balaban J connectivity index is 0. The smallest absolute Gasteiger partial charge is 0.101 e. The Hall–Kier alpha value is -1.09. The molecule has 0 bridgehead atoms.